The molecule has 0 saturated carbocycles. The number of hydrogen-bond donors (Lipinski definition) is 1. The molecule has 0 aliphatic heterocycles. The highest BCUT2D eigenvalue weighted by molar-refractivity contribution is 7.22. The van der Waals surface area contributed by atoms with E-state index >= 15 is 0 Å². The van der Waals surface area contributed by atoms with E-state index in [2.05, 4.69) is 15.4 Å². The molecule has 2 heterocycles. The summed E-state index contributed by atoms with van der Waals surface area (Å²) in [5.41, 5.74) is 0.502. The van der Waals surface area contributed by atoms with Gasteiger partial charge in [0.15, 0.2) is 5.13 Å². The van der Waals surface area contributed by atoms with Crippen LogP contribution in [-0.2, 0) is 19.8 Å². The number of nitrogens with one attached hydrogen (secondary N) is 1. The van der Waals surface area contributed by atoms with Gasteiger partial charge in [-0.1, -0.05) is 11.3 Å². The maximum Gasteiger partial charge on any atom is 0.416 e. The first kappa shape index (κ1) is 13.9. The first-order valence-electron chi connectivity index (χ1n) is 6.12. The molecule has 0 fully saturated rings. The lowest BCUT2D eigenvalue weighted by Gasteiger charge is -2.04. The first-order chi connectivity index (χ1) is 9.91. The van der Waals surface area contributed by atoms with Crippen LogP contribution < -0.4 is 5.32 Å². The minimum Gasteiger partial charge on any atom is -0.356 e. The molecule has 8 heteroatoms. The van der Waals surface area contributed by atoms with Crippen LogP contribution in [-0.4, -0.2) is 14.8 Å². The third kappa shape index (κ3) is 2.99. The van der Waals surface area contributed by atoms with Crippen LogP contribution in [0.4, 0.5) is 18.3 Å². The first-order valence-corrected chi connectivity index (χ1v) is 6.94. The lowest BCUT2D eigenvalue weighted by atomic mass is 10.2. The second kappa shape index (κ2) is 5.03. The van der Waals surface area contributed by atoms with Crippen molar-refractivity contribution in [3.8, 4) is 0 Å². The van der Waals surface area contributed by atoms with Gasteiger partial charge in [0.1, 0.15) is 0 Å². The van der Waals surface area contributed by atoms with Gasteiger partial charge in [0.05, 0.1) is 28.0 Å². The van der Waals surface area contributed by atoms with Crippen LogP contribution in [0, 0.1) is 0 Å². The Balaban J connectivity index is 1.80. The number of hydrogen-bond acceptors (Lipinski definition) is 4. The smallest absolute Gasteiger partial charge is 0.356 e. The van der Waals surface area contributed by atoms with Crippen molar-refractivity contribution in [2.75, 3.05) is 5.32 Å². The van der Waals surface area contributed by atoms with Crippen LogP contribution in [0.5, 0.6) is 0 Å². The van der Waals surface area contributed by atoms with E-state index in [4.69, 9.17) is 0 Å². The molecule has 3 aromatic rings. The molecular formula is C13H11F3N4S. The molecule has 0 bridgehead atoms. The fourth-order valence-corrected chi connectivity index (χ4v) is 2.74. The topological polar surface area (TPSA) is 42.7 Å². The van der Waals surface area contributed by atoms with Crippen molar-refractivity contribution < 1.29 is 13.2 Å². The molecule has 0 unspecified atom stereocenters. The summed E-state index contributed by atoms with van der Waals surface area (Å²) >= 11 is 1.32. The highest BCUT2D eigenvalue weighted by Crippen LogP contribution is 2.34. The van der Waals surface area contributed by atoms with E-state index in [1.165, 1.54) is 17.4 Å². The number of alkyl halides is 3. The Morgan fingerprint density at radius 2 is 2.10 bits per heavy atom. The summed E-state index contributed by atoms with van der Waals surface area (Å²) in [7, 11) is 1.82. The predicted octanol–water partition coefficient (Wildman–Crippen LogP) is 3.66. The number of aromatic nitrogens is 3. The SMILES string of the molecule is Cn1ccc(CNc2nc3cc(C(F)(F)F)ccc3s2)n1. The summed E-state index contributed by atoms with van der Waals surface area (Å²) < 4.78 is 40.3. The van der Waals surface area contributed by atoms with Crippen LogP contribution in [0.1, 0.15) is 11.3 Å². The lowest BCUT2D eigenvalue weighted by Crippen LogP contribution is -2.04. The molecule has 0 aliphatic carbocycles. The molecule has 0 aliphatic rings. The van der Waals surface area contributed by atoms with Crippen LogP contribution >= 0.6 is 11.3 Å². The second-order valence-electron chi connectivity index (χ2n) is 4.53. The van der Waals surface area contributed by atoms with Gasteiger partial charge in [-0.15, -0.1) is 0 Å². The number of thiazole rings is 1. The van der Waals surface area contributed by atoms with Gasteiger partial charge in [0.25, 0.3) is 0 Å². The Hall–Kier alpha value is -2.09. The maximum atomic E-state index is 12.6. The molecule has 4 nitrogen and oxygen atoms in total. The summed E-state index contributed by atoms with van der Waals surface area (Å²) in [6.07, 6.45) is -2.52. The maximum absolute atomic E-state index is 12.6. The summed E-state index contributed by atoms with van der Waals surface area (Å²) in [6, 6.07) is 5.45. The van der Waals surface area contributed by atoms with Crippen molar-refractivity contribution in [1.82, 2.24) is 14.8 Å². The molecule has 21 heavy (non-hydrogen) atoms. The quantitative estimate of drug-likeness (QED) is 0.802. The van der Waals surface area contributed by atoms with E-state index in [1.807, 2.05) is 19.3 Å². The normalized spacial score (nSPS) is 12.0. The molecule has 2 aromatic heterocycles. The molecule has 0 radical (unpaired) electrons. The number of nitrogens with zero attached hydrogens (tertiary/aromatic N) is 3. The zero-order valence-corrected chi connectivity index (χ0v) is 11.8. The third-order valence-electron chi connectivity index (χ3n) is 2.90. The van der Waals surface area contributed by atoms with Gasteiger partial charge in [-0.2, -0.15) is 18.3 Å². The Bertz CT molecular complexity index is 775. The number of anilines is 1. The third-order valence-corrected chi connectivity index (χ3v) is 3.90. The zero-order valence-electron chi connectivity index (χ0n) is 11.0. The molecular weight excluding hydrogens is 301 g/mol. The molecule has 3 rings (SSSR count). The number of fused-ring (bicyclic) bond motifs is 1. The largest absolute Gasteiger partial charge is 0.416 e. The summed E-state index contributed by atoms with van der Waals surface area (Å²) in [5, 5.41) is 7.86. The van der Waals surface area contributed by atoms with Gasteiger partial charge in [-0.25, -0.2) is 4.98 Å². The number of halogens is 3. The standard InChI is InChI=1S/C13H11F3N4S/c1-20-5-4-9(19-20)7-17-12-18-10-6-8(13(14,15)16)2-3-11(10)21-12/h2-6H,7H2,1H3,(H,17,18). The minimum atomic E-state index is -4.35. The van der Waals surface area contributed by atoms with Crippen molar-refractivity contribution in [2.45, 2.75) is 12.7 Å². The van der Waals surface area contributed by atoms with Gasteiger partial charge in [0.2, 0.25) is 0 Å². The summed E-state index contributed by atoms with van der Waals surface area (Å²) in [6.45, 7) is 0.479. The van der Waals surface area contributed by atoms with Gasteiger partial charge < -0.3 is 5.32 Å². The van der Waals surface area contributed by atoms with E-state index in [-0.39, 0.29) is 0 Å². The van der Waals surface area contributed by atoms with Crippen LogP contribution in [0.2, 0.25) is 0 Å². The number of aryl methyl sites for hydroxylation is 1. The van der Waals surface area contributed by atoms with Crippen LogP contribution in [0.25, 0.3) is 10.2 Å². The van der Waals surface area contributed by atoms with E-state index in [9.17, 15) is 13.2 Å². The Morgan fingerprint density at radius 3 is 2.76 bits per heavy atom. The van der Waals surface area contributed by atoms with Gasteiger partial charge in [0, 0.05) is 13.2 Å². The molecule has 1 aromatic carbocycles. The fraction of sp³-hybridized carbons (Fsp3) is 0.231. The Labute approximate surface area is 122 Å². The predicted molar refractivity (Wildman–Crippen MR) is 75.2 cm³/mol. The molecule has 0 saturated heterocycles. The molecule has 0 spiro atoms. The summed E-state index contributed by atoms with van der Waals surface area (Å²) in [5.74, 6) is 0. The van der Waals surface area contributed by atoms with Gasteiger partial charge >= 0.3 is 6.18 Å². The van der Waals surface area contributed by atoms with Crippen molar-refractivity contribution >= 4 is 26.7 Å². The monoisotopic (exact) mass is 312 g/mol. The molecule has 1 N–H and O–H groups in total. The van der Waals surface area contributed by atoms with Crippen LogP contribution in [0.3, 0.4) is 0 Å². The molecule has 0 amide bonds. The number of benzene rings is 1. The Morgan fingerprint density at radius 1 is 1.29 bits per heavy atom. The molecule has 110 valence electrons. The van der Waals surface area contributed by atoms with Crippen molar-refractivity contribution in [3.63, 3.8) is 0 Å². The van der Waals surface area contributed by atoms with E-state index < -0.39 is 11.7 Å². The molecule has 0 atom stereocenters. The second-order valence-corrected chi connectivity index (χ2v) is 5.56. The van der Waals surface area contributed by atoms with E-state index in [0.717, 1.165) is 17.8 Å². The minimum absolute atomic E-state index is 0.346. The van der Waals surface area contributed by atoms with E-state index in [1.54, 1.807) is 4.68 Å². The highest BCUT2D eigenvalue weighted by Gasteiger charge is 2.30. The fourth-order valence-electron chi connectivity index (χ4n) is 1.90. The zero-order chi connectivity index (χ0) is 15.0. The van der Waals surface area contributed by atoms with Gasteiger partial charge in [-0.05, 0) is 24.3 Å². The lowest BCUT2D eigenvalue weighted by molar-refractivity contribution is -0.137. The highest BCUT2D eigenvalue weighted by atomic mass is 32.1. The number of rotatable bonds is 3. The average Bonchev–Trinajstić information content (AvgIpc) is 2.99. The van der Waals surface area contributed by atoms with Crippen molar-refractivity contribution in [3.05, 3.63) is 41.7 Å². The van der Waals surface area contributed by atoms with Crippen molar-refractivity contribution in [2.24, 2.45) is 7.05 Å². The Kier molecular flexibility index (Phi) is 3.32. The van der Waals surface area contributed by atoms with E-state index in [0.29, 0.717) is 21.9 Å². The van der Waals surface area contributed by atoms with Crippen LogP contribution in [0.15, 0.2) is 30.5 Å². The average molecular weight is 312 g/mol. The summed E-state index contributed by atoms with van der Waals surface area (Å²) in [4.78, 5) is 4.18. The van der Waals surface area contributed by atoms with Crippen molar-refractivity contribution in [1.29, 1.82) is 0 Å². The van der Waals surface area contributed by atoms with Gasteiger partial charge in [-0.3, -0.25) is 4.68 Å².